The fourth-order valence-corrected chi connectivity index (χ4v) is 9.39. The Morgan fingerprint density at radius 1 is 1.25 bits per heavy atom. The van der Waals surface area contributed by atoms with Crippen LogP contribution in [0, 0.1) is 0 Å². The molecule has 1 aromatic heterocycles. The van der Waals surface area contributed by atoms with Crippen molar-refractivity contribution in [1.82, 2.24) is 18.6 Å². The summed E-state index contributed by atoms with van der Waals surface area (Å²) in [6.07, 6.45) is 9.30. The van der Waals surface area contributed by atoms with Crippen molar-refractivity contribution in [3.05, 3.63) is 22.2 Å². The van der Waals surface area contributed by atoms with Crippen LogP contribution in [0.2, 0.25) is 0 Å². The molecule has 5 N–H and O–H groups in total. The van der Waals surface area contributed by atoms with Gasteiger partial charge in [0.1, 0.15) is 0 Å². The number of aliphatic hydroxyl groups excluding tert-OH is 2. The molecule has 1 aliphatic heterocycles. The second-order valence-electron chi connectivity index (χ2n) is 7.58. The van der Waals surface area contributed by atoms with Crippen molar-refractivity contribution >= 4 is 37.0 Å². The first-order valence-electron chi connectivity index (χ1n) is 10.2. The third kappa shape index (κ3) is 5.46. The van der Waals surface area contributed by atoms with E-state index in [4.69, 9.17) is 4.98 Å². The van der Waals surface area contributed by atoms with Crippen LogP contribution in [0.25, 0.3) is 0 Å². The molecular formula is C19H30InN5O3. The van der Waals surface area contributed by atoms with Crippen molar-refractivity contribution < 1.29 is 15.0 Å². The Morgan fingerprint density at radius 2 is 2.00 bits per heavy atom. The molecule has 0 unspecified atom stereocenters. The van der Waals surface area contributed by atoms with Crippen molar-refractivity contribution in [3.8, 4) is 0 Å². The molecule has 9 heteroatoms. The molecule has 0 aromatic carbocycles. The Hall–Kier alpha value is -1.16. The molecule has 28 heavy (non-hydrogen) atoms. The molecule has 3 rings (SSSR count). The van der Waals surface area contributed by atoms with Gasteiger partial charge in [0.25, 0.3) is 0 Å². The summed E-state index contributed by atoms with van der Waals surface area (Å²) in [6, 6.07) is 1.74. The first kappa shape index (κ1) is 21.5. The summed E-state index contributed by atoms with van der Waals surface area (Å²) in [5.41, 5.74) is -0.742. The Bertz CT molecular complexity index is 675. The number of carbonyl (C=O) groups excluding carboxylic acids is 1. The minimum atomic E-state index is -2.14. The molecule has 1 fully saturated rings. The maximum atomic E-state index is 13.2. The molecule has 1 aliphatic carbocycles. The Labute approximate surface area is 174 Å². The van der Waals surface area contributed by atoms with Crippen LogP contribution in [0.15, 0.2) is 22.2 Å². The average Bonchev–Trinajstić information content (AvgIpc) is 3.24. The van der Waals surface area contributed by atoms with E-state index in [9.17, 15) is 15.0 Å². The number of carbonyl (C=O) groups is 1. The summed E-state index contributed by atoms with van der Waals surface area (Å²) in [7, 11) is 0. The van der Waals surface area contributed by atoms with Crippen molar-refractivity contribution in [2.45, 2.75) is 56.5 Å². The van der Waals surface area contributed by atoms with E-state index in [0.717, 1.165) is 42.1 Å². The van der Waals surface area contributed by atoms with Crippen LogP contribution in [0.5, 0.6) is 0 Å². The van der Waals surface area contributed by atoms with E-state index in [1.165, 1.54) is 0 Å². The molecule has 2 aliphatic rings. The second kappa shape index (κ2) is 10.6. The Balaban J connectivity index is 1.76. The van der Waals surface area contributed by atoms with Gasteiger partial charge in [0, 0.05) is 0 Å². The molecule has 0 radical (unpaired) electrons. The quantitative estimate of drug-likeness (QED) is 0.323. The number of rotatable bonds is 9. The molecule has 0 atom stereocenters. The molecule has 2 heterocycles. The van der Waals surface area contributed by atoms with Crippen LogP contribution in [0.1, 0.15) is 44.9 Å². The number of hydrogen-bond donors (Lipinski definition) is 5. The van der Waals surface area contributed by atoms with E-state index in [1.807, 2.05) is 6.07 Å². The summed E-state index contributed by atoms with van der Waals surface area (Å²) in [5, 5.41) is 24.9. The molecule has 0 bridgehead atoms. The number of aliphatic hydroxyl groups is 2. The normalized spacial score (nSPS) is 18.5. The summed E-state index contributed by atoms with van der Waals surface area (Å²) in [4.78, 5) is 22.3. The van der Waals surface area contributed by atoms with Crippen LogP contribution >= 0.6 is 0 Å². The predicted molar refractivity (Wildman–Crippen MR) is 109 cm³/mol. The standard InChI is InChI=1S/C16H25N4O3.C3H5N.In/c21-11-5-13(6-12-22)19-14(23)16(7-2-1-3-8-16)20-15-17-9-4-10-18-15;1-2-3-4;/h4,9,13,21-22H,1-3,5-8,11-12H2,(H,19,23)(H,17,18,20);1-2,4H,3H2;/q;-1;+1. The number of nitrogens with zero attached hydrogens (tertiary/aromatic N) is 2. The number of anilines is 1. The fraction of sp³-hybridized carbons (Fsp3) is 0.632. The summed E-state index contributed by atoms with van der Waals surface area (Å²) in [6.45, 7) is 0.869. The fourth-order valence-electron chi connectivity index (χ4n) is 3.98. The van der Waals surface area contributed by atoms with Crippen molar-refractivity contribution in [2.24, 2.45) is 0 Å². The van der Waals surface area contributed by atoms with Crippen LogP contribution in [-0.2, 0) is 4.79 Å². The average molecular weight is 491 g/mol. The minimum absolute atomic E-state index is 0.0224. The molecule has 0 saturated heterocycles. The zero-order valence-electron chi connectivity index (χ0n) is 16.2. The van der Waals surface area contributed by atoms with Gasteiger partial charge in [0.2, 0.25) is 0 Å². The van der Waals surface area contributed by atoms with Gasteiger partial charge in [-0.25, -0.2) is 0 Å². The van der Waals surface area contributed by atoms with E-state index in [2.05, 4.69) is 28.8 Å². The van der Waals surface area contributed by atoms with Crippen LogP contribution in [0.3, 0.4) is 0 Å². The van der Waals surface area contributed by atoms with Gasteiger partial charge >= 0.3 is 174 Å². The van der Waals surface area contributed by atoms with Crippen LogP contribution in [-0.4, -0.2) is 79.2 Å². The Morgan fingerprint density at radius 3 is 2.64 bits per heavy atom. The molecule has 1 amide bonds. The van der Waals surface area contributed by atoms with E-state index in [1.54, 1.807) is 6.20 Å². The van der Waals surface area contributed by atoms with Crippen molar-refractivity contribution in [1.29, 1.82) is 0 Å². The first-order valence-corrected chi connectivity index (χ1v) is 15.4. The number of aromatic nitrogens is 2. The van der Waals surface area contributed by atoms with Gasteiger partial charge < -0.3 is 0 Å². The predicted octanol–water partition coefficient (Wildman–Crippen LogP) is -0.262. The van der Waals surface area contributed by atoms with E-state index in [-0.39, 0.29) is 25.2 Å². The zero-order valence-corrected chi connectivity index (χ0v) is 19.5. The van der Waals surface area contributed by atoms with Gasteiger partial charge in [0.15, 0.2) is 0 Å². The monoisotopic (exact) mass is 491 g/mol. The summed E-state index contributed by atoms with van der Waals surface area (Å²) >= 11 is -2.14. The number of nitrogens with one attached hydrogen (secondary N) is 3. The van der Waals surface area contributed by atoms with Gasteiger partial charge in [-0.2, -0.15) is 0 Å². The molecule has 1 aromatic rings. The SMILES string of the molecule is O=C(NC(CCO)CCO)C1(Nc2ncc[c]([In]3[CH]=CC[NH]3)n2)CCCCC1. The topological polar surface area (TPSA) is 119 Å². The van der Waals surface area contributed by atoms with Gasteiger partial charge in [0.05, 0.1) is 0 Å². The molecule has 152 valence electrons. The van der Waals surface area contributed by atoms with Crippen LogP contribution in [0.4, 0.5) is 5.95 Å². The van der Waals surface area contributed by atoms with Crippen molar-refractivity contribution in [3.63, 3.8) is 0 Å². The maximum absolute atomic E-state index is 13.2. The number of hydrogen-bond acceptors (Lipinski definition) is 7. The van der Waals surface area contributed by atoms with Crippen molar-refractivity contribution in [2.75, 3.05) is 25.1 Å². The van der Waals surface area contributed by atoms with Gasteiger partial charge in [-0.3, -0.25) is 0 Å². The zero-order chi connectivity index (χ0) is 19.8. The van der Waals surface area contributed by atoms with Gasteiger partial charge in [-0.1, -0.05) is 0 Å². The van der Waals surface area contributed by atoms with Gasteiger partial charge in [-0.05, 0) is 0 Å². The van der Waals surface area contributed by atoms with Gasteiger partial charge in [-0.15, -0.1) is 0 Å². The molecule has 1 saturated carbocycles. The first-order chi connectivity index (χ1) is 13.7. The van der Waals surface area contributed by atoms with E-state index < -0.39 is 27.3 Å². The van der Waals surface area contributed by atoms with Crippen LogP contribution < -0.4 is 17.4 Å². The summed E-state index contributed by atoms with van der Waals surface area (Å²) in [5.74, 6) is 0.421. The molecule has 8 nitrogen and oxygen atoms in total. The molecular weight excluding hydrogens is 461 g/mol. The summed E-state index contributed by atoms with van der Waals surface area (Å²) < 4.78 is 6.91. The van der Waals surface area contributed by atoms with E-state index in [0.29, 0.717) is 18.8 Å². The molecule has 0 spiro atoms. The third-order valence-corrected chi connectivity index (χ3v) is 12.1. The number of amides is 1. The van der Waals surface area contributed by atoms with E-state index >= 15 is 0 Å². The Kier molecular flexibility index (Phi) is 8.13. The second-order valence-corrected chi connectivity index (χ2v) is 14.3. The third-order valence-electron chi connectivity index (χ3n) is 5.56.